The maximum atomic E-state index is 12.3. The normalized spacial score (nSPS) is 12.3. The number of benzene rings is 1. The third kappa shape index (κ3) is 4.62. The van der Waals surface area contributed by atoms with E-state index in [4.69, 9.17) is 4.98 Å². The highest BCUT2D eigenvalue weighted by Crippen LogP contribution is 2.29. The van der Waals surface area contributed by atoms with Crippen LogP contribution in [0, 0.1) is 0 Å². The molecule has 2 aromatic heterocycles. The van der Waals surface area contributed by atoms with Gasteiger partial charge in [0.15, 0.2) is 10.8 Å². The largest absolute Gasteiger partial charge is 0.355 e. The Morgan fingerprint density at radius 1 is 1.26 bits per heavy atom. The van der Waals surface area contributed by atoms with Crippen molar-refractivity contribution in [1.82, 2.24) is 25.1 Å². The zero-order valence-electron chi connectivity index (χ0n) is 15.7. The van der Waals surface area contributed by atoms with Gasteiger partial charge in [-0.1, -0.05) is 43.3 Å². The minimum absolute atomic E-state index is 0.0133. The number of amides is 1. The van der Waals surface area contributed by atoms with Crippen molar-refractivity contribution in [3.8, 4) is 5.69 Å². The summed E-state index contributed by atoms with van der Waals surface area (Å²) in [4.78, 5) is 21.6. The first kappa shape index (κ1) is 19.7. The predicted octanol–water partition coefficient (Wildman–Crippen LogP) is 3.93. The molecule has 0 aliphatic heterocycles. The average Bonchev–Trinajstić information content (AvgIpc) is 3.12. The number of fused-ring (bicyclic) bond motifs is 1. The molecule has 1 unspecified atom stereocenters. The van der Waals surface area contributed by atoms with Gasteiger partial charge in [-0.05, 0) is 31.7 Å². The van der Waals surface area contributed by atoms with Crippen molar-refractivity contribution in [2.24, 2.45) is 0 Å². The van der Waals surface area contributed by atoms with Crippen molar-refractivity contribution in [3.05, 3.63) is 36.5 Å². The molecule has 0 aliphatic carbocycles. The van der Waals surface area contributed by atoms with Crippen molar-refractivity contribution in [3.63, 3.8) is 0 Å². The Kier molecular flexibility index (Phi) is 6.73. The molecule has 3 rings (SSSR count). The van der Waals surface area contributed by atoms with E-state index in [1.165, 1.54) is 11.8 Å². The molecule has 0 saturated carbocycles. The molecule has 1 aromatic carbocycles. The fraction of sp³-hybridized carbons (Fsp3) is 0.368. The summed E-state index contributed by atoms with van der Waals surface area (Å²) in [5.74, 6) is 0.0133. The molecule has 1 atom stereocenters. The van der Waals surface area contributed by atoms with E-state index in [1.807, 2.05) is 48.2 Å². The van der Waals surface area contributed by atoms with Crippen LogP contribution in [0.2, 0.25) is 0 Å². The smallest absolute Gasteiger partial charge is 0.233 e. The van der Waals surface area contributed by atoms with Gasteiger partial charge in [0.05, 0.1) is 22.5 Å². The summed E-state index contributed by atoms with van der Waals surface area (Å²) in [5.41, 5.74) is 1.70. The Morgan fingerprint density at radius 2 is 2.04 bits per heavy atom. The minimum atomic E-state index is -0.262. The highest BCUT2D eigenvalue weighted by molar-refractivity contribution is 8.00. The van der Waals surface area contributed by atoms with Crippen LogP contribution >= 0.6 is 23.5 Å². The van der Waals surface area contributed by atoms with E-state index in [2.05, 4.69) is 22.3 Å². The lowest BCUT2D eigenvalue weighted by molar-refractivity contribution is -0.120. The number of carbonyl (C=O) groups excluding carboxylic acids is 1. The van der Waals surface area contributed by atoms with Crippen LogP contribution in [0.1, 0.15) is 26.7 Å². The highest BCUT2D eigenvalue weighted by atomic mass is 32.2. The summed E-state index contributed by atoms with van der Waals surface area (Å²) in [6.45, 7) is 4.69. The van der Waals surface area contributed by atoms with E-state index in [-0.39, 0.29) is 11.2 Å². The molecule has 0 fully saturated rings. The van der Waals surface area contributed by atoms with Gasteiger partial charge in [0, 0.05) is 6.54 Å². The summed E-state index contributed by atoms with van der Waals surface area (Å²) >= 11 is 2.93. The van der Waals surface area contributed by atoms with E-state index >= 15 is 0 Å². The molecule has 27 heavy (non-hydrogen) atoms. The lowest BCUT2D eigenvalue weighted by Gasteiger charge is -2.12. The molecular weight excluding hydrogens is 378 g/mol. The number of unbranched alkanes of at least 4 members (excludes halogenated alkanes) is 1. The van der Waals surface area contributed by atoms with Gasteiger partial charge in [0.2, 0.25) is 5.91 Å². The molecular formula is C19H23N5OS2. The molecule has 0 radical (unpaired) electrons. The van der Waals surface area contributed by atoms with Gasteiger partial charge >= 0.3 is 0 Å². The first-order valence-electron chi connectivity index (χ1n) is 8.93. The Morgan fingerprint density at radius 3 is 2.74 bits per heavy atom. The molecule has 142 valence electrons. The first-order chi connectivity index (χ1) is 13.1. The van der Waals surface area contributed by atoms with Crippen LogP contribution in [-0.2, 0) is 4.79 Å². The molecule has 2 heterocycles. The maximum Gasteiger partial charge on any atom is 0.233 e. The third-order valence-corrected chi connectivity index (χ3v) is 5.71. The second-order valence-electron chi connectivity index (χ2n) is 6.05. The lowest BCUT2D eigenvalue weighted by Crippen LogP contribution is -2.31. The fourth-order valence-electron chi connectivity index (χ4n) is 2.57. The van der Waals surface area contributed by atoms with Crippen LogP contribution in [0.15, 0.2) is 46.7 Å². The minimum Gasteiger partial charge on any atom is -0.355 e. The van der Waals surface area contributed by atoms with Gasteiger partial charge in [-0.25, -0.2) is 14.6 Å². The fourth-order valence-corrected chi connectivity index (χ4v) is 3.96. The molecule has 0 bridgehead atoms. The number of hydrogen-bond donors (Lipinski definition) is 1. The van der Waals surface area contributed by atoms with Gasteiger partial charge < -0.3 is 5.32 Å². The van der Waals surface area contributed by atoms with Crippen LogP contribution in [0.5, 0.6) is 0 Å². The molecule has 0 saturated heterocycles. The highest BCUT2D eigenvalue weighted by Gasteiger charge is 2.19. The number of rotatable bonds is 8. The quantitative estimate of drug-likeness (QED) is 0.267. The topological polar surface area (TPSA) is 72.7 Å². The number of nitrogens with zero attached hydrogens (tertiary/aromatic N) is 4. The lowest BCUT2D eigenvalue weighted by atomic mass is 10.3. The summed E-state index contributed by atoms with van der Waals surface area (Å²) in [5, 5.41) is 9.56. The van der Waals surface area contributed by atoms with Crippen molar-refractivity contribution in [2.45, 2.75) is 42.1 Å². The Hall–Kier alpha value is -2.06. The summed E-state index contributed by atoms with van der Waals surface area (Å²) in [6, 6.07) is 9.89. The van der Waals surface area contributed by atoms with Gasteiger partial charge in [-0.2, -0.15) is 5.10 Å². The van der Waals surface area contributed by atoms with E-state index < -0.39 is 0 Å². The van der Waals surface area contributed by atoms with Gasteiger partial charge in [-0.3, -0.25) is 4.79 Å². The second-order valence-corrected chi connectivity index (χ2v) is 8.15. The van der Waals surface area contributed by atoms with Crippen molar-refractivity contribution in [1.29, 1.82) is 0 Å². The van der Waals surface area contributed by atoms with Crippen molar-refractivity contribution >= 4 is 40.5 Å². The SMILES string of the molecule is CCCCNC(=O)C(C)Sc1nc(SC)c2cnn(-c3ccccc3)c2n1. The number of para-hydroxylation sites is 1. The number of carbonyl (C=O) groups is 1. The molecule has 0 spiro atoms. The molecule has 0 aliphatic rings. The zero-order valence-corrected chi connectivity index (χ0v) is 17.3. The van der Waals surface area contributed by atoms with E-state index in [1.54, 1.807) is 18.0 Å². The van der Waals surface area contributed by atoms with E-state index in [0.717, 1.165) is 34.6 Å². The number of nitrogens with one attached hydrogen (secondary N) is 1. The van der Waals surface area contributed by atoms with Crippen LogP contribution in [-0.4, -0.2) is 43.7 Å². The van der Waals surface area contributed by atoms with E-state index in [9.17, 15) is 4.79 Å². The summed E-state index contributed by atoms with van der Waals surface area (Å²) < 4.78 is 1.81. The first-order valence-corrected chi connectivity index (χ1v) is 11.0. The Balaban J connectivity index is 1.89. The van der Waals surface area contributed by atoms with Gasteiger partial charge in [0.1, 0.15) is 5.03 Å². The predicted molar refractivity (Wildman–Crippen MR) is 112 cm³/mol. The molecule has 1 N–H and O–H groups in total. The van der Waals surface area contributed by atoms with Crippen LogP contribution in [0.3, 0.4) is 0 Å². The average molecular weight is 402 g/mol. The van der Waals surface area contributed by atoms with E-state index in [0.29, 0.717) is 11.7 Å². The molecule has 8 heteroatoms. The number of aromatic nitrogens is 4. The number of thioether (sulfide) groups is 2. The molecule has 3 aromatic rings. The van der Waals surface area contributed by atoms with Crippen molar-refractivity contribution in [2.75, 3.05) is 12.8 Å². The zero-order chi connectivity index (χ0) is 19.2. The summed E-state index contributed by atoms with van der Waals surface area (Å²) in [7, 11) is 0. The van der Waals surface area contributed by atoms with Gasteiger partial charge in [0.25, 0.3) is 0 Å². The van der Waals surface area contributed by atoms with Crippen LogP contribution in [0.25, 0.3) is 16.7 Å². The third-order valence-electron chi connectivity index (χ3n) is 4.05. The van der Waals surface area contributed by atoms with Gasteiger partial charge in [-0.15, -0.1) is 11.8 Å². The Labute approximate surface area is 167 Å². The Bertz CT molecular complexity index is 913. The van der Waals surface area contributed by atoms with Crippen LogP contribution < -0.4 is 5.32 Å². The summed E-state index contributed by atoms with van der Waals surface area (Å²) in [6.07, 6.45) is 5.82. The maximum absolute atomic E-state index is 12.3. The number of hydrogen-bond acceptors (Lipinski definition) is 6. The standard InChI is InChI=1S/C19H23N5OS2/c1-4-5-11-20-17(25)13(2)27-19-22-16-15(18(23-19)26-3)12-21-24(16)14-9-7-6-8-10-14/h6-10,12-13H,4-5,11H2,1-3H3,(H,20,25). The molecule has 1 amide bonds. The second kappa shape index (κ2) is 9.23. The molecule has 6 nitrogen and oxygen atoms in total. The monoisotopic (exact) mass is 401 g/mol. The van der Waals surface area contributed by atoms with Crippen LogP contribution in [0.4, 0.5) is 0 Å². The van der Waals surface area contributed by atoms with Crippen molar-refractivity contribution < 1.29 is 4.79 Å².